The van der Waals surface area contributed by atoms with Gasteiger partial charge in [0.25, 0.3) is 0 Å². The Hall–Kier alpha value is -4.38. The Morgan fingerprint density at radius 3 is 1.35 bits per heavy atom. The van der Waals surface area contributed by atoms with E-state index >= 15 is 0 Å². The lowest BCUT2D eigenvalue weighted by Crippen LogP contribution is -2.08. The number of rotatable bonds is 7. The third kappa shape index (κ3) is 5.70. The zero-order valence-corrected chi connectivity index (χ0v) is 19.0. The van der Waals surface area contributed by atoms with Crippen LogP contribution in [0.1, 0.15) is 33.2 Å². The van der Waals surface area contributed by atoms with E-state index < -0.39 is 11.9 Å². The molecule has 4 aromatic rings. The van der Waals surface area contributed by atoms with Crippen LogP contribution in [0.3, 0.4) is 0 Å². The summed E-state index contributed by atoms with van der Waals surface area (Å²) in [6, 6.07) is 28.5. The smallest absolute Gasteiger partial charge is 0.343 e. The predicted octanol–water partition coefficient (Wildman–Crippen LogP) is 6.50. The largest absolute Gasteiger partial charge is 0.494 e. The second-order valence-electron chi connectivity index (χ2n) is 7.65. The van der Waals surface area contributed by atoms with Crippen molar-refractivity contribution >= 4 is 11.9 Å². The summed E-state index contributed by atoms with van der Waals surface area (Å²) in [4.78, 5) is 24.8. The summed E-state index contributed by atoms with van der Waals surface area (Å²) in [5, 5.41) is 0. The molecule has 0 saturated heterocycles. The summed E-state index contributed by atoms with van der Waals surface area (Å²) in [5.41, 5.74) is 3.82. The summed E-state index contributed by atoms with van der Waals surface area (Å²) in [6.07, 6.45) is 0. The zero-order chi connectivity index (χ0) is 23.9. The molecule has 4 aromatic carbocycles. The number of ether oxygens (including phenoxy) is 3. The van der Waals surface area contributed by atoms with Crippen LogP contribution in [0.5, 0.6) is 17.2 Å². The van der Waals surface area contributed by atoms with Crippen molar-refractivity contribution in [1.29, 1.82) is 0 Å². The summed E-state index contributed by atoms with van der Waals surface area (Å²) in [5.74, 6) is 0.826. The first-order valence-electron chi connectivity index (χ1n) is 11.0. The fourth-order valence-electron chi connectivity index (χ4n) is 3.31. The van der Waals surface area contributed by atoms with E-state index in [-0.39, 0.29) is 0 Å². The Bertz CT molecular complexity index is 1260. The maximum Gasteiger partial charge on any atom is 0.343 e. The molecule has 4 rings (SSSR count). The third-order valence-corrected chi connectivity index (χ3v) is 5.15. The second-order valence-corrected chi connectivity index (χ2v) is 7.65. The number of carbonyl (C=O) groups is 2. The van der Waals surface area contributed by atoms with Crippen LogP contribution in [0.2, 0.25) is 0 Å². The Morgan fingerprint density at radius 2 is 0.941 bits per heavy atom. The quantitative estimate of drug-likeness (QED) is 0.237. The van der Waals surface area contributed by atoms with E-state index in [4.69, 9.17) is 14.2 Å². The zero-order valence-electron chi connectivity index (χ0n) is 19.0. The molecule has 0 aromatic heterocycles. The highest BCUT2D eigenvalue weighted by Crippen LogP contribution is 2.23. The van der Waals surface area contributed by atoms with E-state index in [0.29, 0.717) is 29.2 Å². The predicted molar refractivity (Wildman–Crippen MR) is 131 cm³/mol. The summed E-state index contributed by atoms with van der Waals surface area (Å²) in [6.45, 7) is 4.46. The van der Waals surface area contributed by atoms with Crippen LogP contribution in [-0.4, -0.2) is 18.5 Å². The van der Waals surface area contributed by atoms with Crippen molar-refractivity contribution in [3.8, 4) is 28.4 Å². The van der Waals surface area contributed by atoms with Gasteiger partial charge in [-0.3, -0.25) is 0 Å². The minimum Gasteiger partial charge on any atom is -0.494 e. The van der Waals surface area contributed by atoms with Crippen molar-refractivity contribution in [3.05, 3.63) is 114 Å². The molecule has 0 saturated carbocycles. The molecule has 5 nitrogen and oxygen atoms in total. The van der Waals surface area contributed by atoms with Crippen LogP contribution in [0.15, 0.2) is 97.1 Å². The Labute approximate surface area is 198 Å². The molecule has 170 valence electrons. The molecule has 0 heterocycles. The number of aryl methyl sites for hydroxylation is 1. The summed E-state index contributed by atoms with van der Waals surface area (Å²) in [7, 11) is 0. The van der Waals surface area contributed by atoms with E-state index in [9.17, 15) is 9.59 Å². The maximum absolute atomic E-state index is 12.5. The van der Waals surface area contributed by atoms with Gasteiger partial charge in [-0.05, 0) is 85.6 Å². The molecule has 0 unspecified atom stereocenters. The Kier molecular flexibility index (Phi) is 7.04. The summed E-state index contributed by atoms with van der Waals surface area (Å²) < 4.78 is 16.2. The highest BCUT2D eigenvalue weighted by atomic mass is 16.5. The van der Waals surface area contributed by atoms with Gasteiger partial charge in [0.1, 0.15) is 17.2 Å². The monoisotopic (exact) mass is 452 g/mol. The van der Waals surface area contributed by atoms with Gasteiger partial charge in [0, 0.05) is 0 Å². The van der Waals surface area contributed by atoms with E-state index in [1.54, 1.807) is 60.7 Å². The number of benzene rings is 4. The van der Waals surface area contributed by atoms with Crippen LogP contribution in [0.4, 0.5) is 0 Å². The van der Waals surface area contributed by atoms with Gasteiger partial charge >= 0.3 is 11.9 Å². The van der Waals surface area contributed by atoms with Crippen LogP contribution < -0.4 is 14.2 Å². The van der Waals surface area contributed by atoms with Gasteiger partial charge in [0.05, 0.1) is 17.7 Å². The van der Waals surface area contributed by atoms with Crippen LogP contribution in [0, 0.1) is 6.92 Å². The van der Waals surface area contributed by atoms with Crippen molar-refractivity contribution in [2.24, 2.45) is 0 Å². The van der Waals surface area contributed by atoms with Crippen molar-refractivity contribution < 1.29 is 23.8 Å². The SMILES string of the molecule is CCOc1ccc(OC(=O)c2ccc(-c3ccc(C(=O)Oc4ccc(C)cc4)cc3)cc2)cc1. The van der Waals surface area contributed by atoms with Crippen molar-refractivity contribution in [2.75, 3.05) is 6.61 Å². The number of hydrogen-bond acceptors (Lipinski definition) is 5. The van der Waals surface area contributed by atoms with Gasteiger partial charge in [-0.15, -0.1) is 0 Å². The van der Waals surface area contributed by atoms with Gasteiger partial charge in [0.2, 0.25) is 0 Å². The molecule has 34 heavy (non-hydrogen) atoms. The highest BCUT2D eigenvalue weighted by Gasteiger charge is 2.11. The van der Waals surface area contributed by atoms with Crippen LogP contribution in [0.25, 0.3) is 11.1 Å². The van der Waals surface area contributed by atoms with Crippen molar-refractivity contribution in [2.45, 2.75) is 13.8 Å². The molecule has 0 bridgehead atoms. The number of hydrogen-bond donors (Lipinski definition) is 0. The maximum atomic E-state index is 12.5. The second kappa shape index (κ2) is 10.5. The number of carbonyl (C=O) groups excluding carboxylic acids is 2. The van der Waals surface area contributed by atoms with E-state index in [2.05, 4.69) is 0 Å². The molecular weight excluding hydrogens is 428 g/mol. The Balaban J connectivity index is 1.38. The highest BCUT2D eigenvalue weighted by molar-refractivity contribution is 5.93. The number of esters is 2. The lowest BCUT2D eigenvalue weighted by Gasteiger charge is -2.08. The van der Waals surface area contributed by atoms with Gasteiger partial charge < -0.3 is 14.2 Å². The van der Waals surface area contributed by atoms with E-state index in [1.165, 1.54) is 0 Å². The average Bonchev–Trinajstić information content (AvgIpc) is 2.87. The molecule has 5 heteroatoms. The van der Waals surface area contributed by atoms with E-state index in [1.807, 2.05) is 50.2 Å². The summed E-state index contributed by atoms with van der Waals surface area (Å²) >= 11 is 0. The first-order valence-corrected chi connectivity index (χ1v) is 11.0. The van der Waals surface area contributed by atoms with Crippen LogP contribution in [-0.2, 0) is 0 Å². The standard InChI is InChI=1S/C29H24O5/c1-3-32-25-16-18-27(19-17-25)34-29(31)24-12-8-22(9-13-24)21-6-10-23(11-7-21)28(30)33-26-14-4-20(2)5-15-26/h4-19H,3H2,1-2H3. The molecule has 0 N–H and O–H groups in total. The minimum atomic E-state index is -0.440. The lowest BCUT2D eigenvalue weighted by molar-refractivity contribution is 0.0725. The first kappa shape index (κ1) is 22.8. The molecule has 0 aliphatic heterocycles. The third-order valence-electron chi connectivity index (χ3n) is 5.15. The van der Waals surface area contributed by atoms with Crippen molar-refractivity contribution in [1.82, 2.24) is 0 Å². The molecule has 0 amide bonds. The van der Waals surface area contributed by atoms with Crippen molar-refractivity contribution in [3.63, 3.8) is 0 Å². The van der Waals surface area contributed by atoms with Gasteiger partial charge in [-0.25, -0.2) is 9.59 Å². The Morgan fingerprint density at radius 1 is 0.559 bits per heavy atom. The van der Waals surface area contributed by atoms with Gasteiger partial charge in [-0.2, -0.15) is 0 Å². The molecule has 0 radical (unpaired) electrons. The van der Waals surface area contributed by atoms with Crippen LogP contribution >= 0.6 is 0 Å². The molecule has 0 atom stereocenters. The lowest BCUT2D eigenvalue weighted by atomic mass is 10.0. The molecule has 0 spiro atoms. The fourth-order valence-corrected chi connectivity index (χ4v) is 3.31. The van der Waals surface area contributed by atoms with Gasteiger partial charge in [0.15, 0.2) is 0 Å². The first-order chi connectivity index (χ1) is 16.5. The molecular formula is C29H24O5. The normalized spacial score (nSPS) is 10.4. The fraction of sp³-hybridized carbons (Fsp3) is 0.103. The molecule has 0 fully saturated rings. The minimum absolute atomic E-state index is 0.414. The molecule has 0 aliphatic rings. The van der Waals surface area contributed by atoms with E-state index in [0.717, 1.165) is 22.4 Å². The molecule has 0 aliphatic carbocycles. The van der Waals surface area contributed by atoms with Gasteiger partial charge in [-0.1, -0.05) is 42.0 Å². The topological polar surface area (TPSA) is 61.8 Å². The average molecular weight is 453 g/mol.